The van der Waals surface area contributed by atoms with Crippen molar-refractivity contribution in [2.45, 2.75) is 19.4 Å². The lowest BCUT2D eigenvalue weighted by Crippen LogP contribution is -2.29. The summed E-state index contributed by atoms with van der Waals surface area (Å²) in [5, 5.41) is 8.10. The SMILES string of the molecule is CC(C)(N)c1cn(-c2ccc(Cl)cc2F)nn1. The Kier molecular flexibility index (Phi) is 2.89. The van der Waals surface area contributed by atoms with Crippen molar-refractivity contribution in [2.24, 2.45) is 5.73 Å². The van der Waals surface area contributed by atoms with Gasteiger partial charge in [0.05, 0.1) is 11.7 Å². The number of hydrogen-bond acceptors (Lipinski definition) is 3. The van der Waals surface area contributed by atoms with Crippen molar-refractivity contribution in [3.63, 3.8) is 0 Å². The van der Waals surface area contributed by atoms with E-state index in [0.717, 1.165) is 0 Å². The minimum atomic E-state index is -0.610. The Hall–Kier alpha value is -1.46. The van der Waals surface area contributed by atoms with E-state index in [4.69, 9.17) is 17.3 Å². The second kappa shape index (κ2) is 4.09. The second-order valence-corrected chi connectivity index (χ2v) is 4.80. The molecule has 0 aliphatic rings. The van der Waals surface area contributed by atoms with Gasteiger partial charge in [-0.1, -0.05) is 16.8 Å². The Morgan fingerprint density at radius 1 is 1.41 bits per heavy atom. The molecule has 0 amide bonds. The van der Waals surface area contributed by atoms with Crippen molar-refractivity contribution in [2.75, 3.05) is 0 Å². The molecule has 0 aliphatic heterocycles. The fourth-order valence-electron chi connectivity index (χ4n) is 1.34. The van der Waals surface area contributed by atoms with E-state index in [1.165, 1.54) is 10.7 Å². The first-order valence-corrected chi connectivity index (χ1v) is 5.43. The highest BCUT2D eigenvalue weighted by Crippen LogP contribution is 2.19. The molecular weight excluding hydrogens is 243 g/mol. The zero-order chi connectivity index (χ0) is 12.6. The van der Waals surface area contributed by atoms with Crippen molar-refractivity contribution in [1.29, 1.82) is 0 Å². The van der Waals surface area contributed by atoms with Crippen LogP contribution in [0.1, 0.15) is 19.5 Å². The van der Waals surface area contributed by atoms with Gasteiger partial charge < -0.3 is 5.73 Å². The van der Waals surface area contributed by atoms with Crippen LogP contribution in [0.4, 0.5) is 4.39 Å². The van der Waals surface area contributed by atoms with Gasteiger partial charge in [0, 0.05) is 5.02 Å². The van der Waals surface area contributed by atoms with Crippen LogP contribution in [0, 0.1) is 5.82 Å². The molecule has 0 atom stereocenters. The Bertz CT molecular complexity index is 545. The lowest BCUT2D eigenvalue weighted by atomic mass is 10.0. The summed E-state index contributed by atoms with van der Waals surface area (Å²) in [5.41, 5.74) is 6.15. The number of halogens is 2. The molecule has 0 saturated carbocycles. The zero-order valence-corrected chi connectivity index (χ0v) is 10.2. The van der Waals surface area contributed by atoms with Crippen molar-refractivity contribution in [1.82, 2.24) is 15.0 Å². The third-order valence-corrected chi connectivity index (χ3v) is 2.55. The molecular formula is C11H12ClFN4. The van der Waals surface area contributed by atoms with Gasteiger partial charge >= 0.3 is 0 Å². The van der Waals surface area contributed by atoms with Gasteiger partial charge in [0.2, 0.25) is 0 Å². The van der Waals surface area contributed by atoms with Crippen LogP contribution in [0.25, 0.3) is 5.69 Å². The van der Waals surface area contributed by atoms with E-state index in [1.807, 2.05) is 0 Å². The van der Waals surface area contributed by atoms with E-state index in [9.17, 15) is 4.39 Å². The summed E-state index contributed by atoms with van der Waals surface area (Å²) in [6, 6.07) is 4.36. The Labute approximate surface area is 103 Å². The maximum atomic E-state index is 13.6. The first-order valence-electron chi connectivity index (χ1n) is 5.05. The number of nitrogens with zero attached hydrogens (tertiary/aromatic N) is 3. The molecule has 0 bridgehead atoms. The molecule has 17 heavy (non-hydrogen) atoms. The Morgan fingerprint density at radius 2 is 2.12 bits per heavy atom. The molecule has 1 heterocycles. The molecule has 0 unspecified atom stereocenters. The van der Waals surface area contributed by atoms with Gasteiger partial charge in [-0.15, -0.1) is 5.10 Å². The molecule has 6 heteroatoms. The highest BCUT2D eigenvalue weighted by atomic mass is 35.5. The summed E-state index contributed by atoms with van der Waals surface area (Å²) in [4.78, 5) is 0. The van der Waals surface area contributed by atoms with E-state index >= 15 is 0 Å². The molecule has 4 nitrogen and oxygen atoms in total. The van der Waals surface area contributed by atoms with Crippen molar-refractivity contribution in [3.05, 3.63) is 40.9 Å². The Balaban J connectivity index is 2.44. The predicted octanol–water partition coefficient (Wildman–Crippen LogP) is 2.25. The number of rotatable bonds is 2. The molecule has 0 fully saturated rings. The van der Waals surface area contributed by atoms with Crippen LogP contribution in [-0.4, -0.2) is 15.0 Å². The maximum absolute atomic E-state index is 13.6. The fourth-order valence-corrected chi connectivity index (χ4v) is 1.50. The first kappa shape index (κ1) is 12.0. The summed E-state index contributed by atoms with van der Waals surface area (Å²) in [7, 11) is 0. The zero-order valence-electron chi connectivity index (χ0n) is 9.48. The number of aromatic nitrogens is 3. The number of hydrogen-bond donors (Lipinski definition) is 1. The summed E-state index contributed by atoms with van der Waals surface area (Å²) in [6.07, 6.45) is 1.60. The molecule has 2 N–H and O–H groups in total. The van der Waals surface area contributed by atoms with Gasteiger partial charge in [-0.05, 0) is 32.0 Å². The minimum Gasteiger partial charge on any atom is -0.320 e. The first-order chi connectivity index (χ1) is 7.88. The van der Waals surface area contributed by atoms with Crippen LogP contribution < -0.4 is 5.73 Å². The Morgan fingerprint density at radius 3 is 2.65 bits per heavy atom. The van der Waals surface area contributed by atoms with E-state index in [1.54, 1.807) is 32.2 Å². The lowest BCUT2D eigenvalue weighted by Gasteiger charge is -2.13. The van der Waals surface area contributed by atoms with Crippen LogP contribution in [0.5, 0.6) is 0 Å². The average molecular weight is 255 g/mol. The van der Waals surface area contributed by atoms with Crippen LogP contribution in [0.2, 0.25) is 5.02 Å². The third kappa shape index (κ3) is 2.45. The molecule has 0 saturated heterocycles. The molecule has 0 radical (unpaired) electrons. The molecule has 2 rings (SSSR count). The van der Waals surface area contributed by atoms with Gasteiger partial charge in [0.1, 0.15) is 17.2 Å². The average Bonchev–Trinajstić information content (AvgIpc) is 2.65. The minimum absolute atomic E-state index is 0.289. The molecule has 2 aromatic rings. The fraction of sp³-hybridized carbons (Fsp3) is 0.273. The highest BCUT2D eigenvalue weighted by molar-refractivity contribution is 6.30. The molecule has 90 valence electrons. The second-order valence-electron chi connectivity index (χ2n) is 4.37. The summed E-state index contributed by atoms with van der Waals surface area (Å²) in [5.74, 6) is -0.455. The monoisotopic (exact) mass is 254 g/mol. The molecule has 1 aromatic carbocycles. The quantitative estimate of drug-likeness (QED) is 0.894. The van der Waals surface area contributed by atoms with Crippen molar-refractivity contribution < 1.29 is 4.39 Å². The number of benzene rings is 1. The summed E-state index contributed by atoms with van der Waals surface area (Å²) < 4.78 is 15.0. The topological polar surface area (TPSA) is 56.7 Å². The van der Waals surface area contributed by atoms with Crippen molar-refractivity contribution >= 4 is 11.6 Å². The normalized spacial score (nSPS) is 11.8. The summed E-state index contributed by atoms with van der Waals surface area (Å²) >= 11 is 5.68. The van der Waals surface area contributed by atoms with Gasteiger partial charge in [-0.2, -0.15) is 0 Å². The molecule has 0 spiro atoms. The molecule has 0 aliphatic carbocycles. The van der Waals surface area contributed by atoms with Crippen LogP contribution in [0.3, 0.4) is 0 Å². The standard InChI is InChI=1S/C11H12ClFN4/c1-11(2,14)10-6-17(16-15-10)9-4-3-7(12)5-8(9)13/h3-6H,14H2,1-2H3. The lowest BCUT2D eigenvalue weighted by molar-refractivity contribution is 0.533. The predicted molar refractivity (Wildman–Crippen MR) is 63.5 cm³/mol. The van der Waals surface area contributed by atoms with E-state index < -0.39 is 11.4 Å². The molecule has 1 aromatic heterocycles. The van der Waals surface area contributed by atoms with Gasteiger partial charge in [-0.25, -0.2) is 9.07 Å². The number of nitrogens with two attached hydrogens (primary N) is 1. The van der Waals surface area contributed by atoms with Gasteiger partial charge in [0.15, 0.2) is 0 Å². The largest absolute Gasteiger partial charge is 0.320 e. The van der Waals surface area contributed by atoms with Gasteiger partial charge in [0.25, 0.3) is 0 Å². The van der Waals surface area contributed by atoms with Crippen LogP contribution >= 0.6 is 11.6 Å². The highest BCUT2D eigenvalue weighted by Gasteiger charge is 2.19. The van der Waals surface area contributed by atoms with Gasteiger partial charge in [-0.3, -0.25) is 0 Å². The maximum Gasteiger partial charge on any atom is 0.150 e. The smallest absolute Gasteiger partial charge is 0.150 e. The van der Waals surface area contributed by atoms with E-state index in [0.29, 0.717) is 10.7 Å². The summed E-state index contributed by atoms with van der Waals surface area (Å²) in [6.45, 7) is 3.61. The van der Waals surface area contributed by atoms with E-state index in [2.05, 4.69) is 10.3 Å². The van der Waals surface area contributed by atoms with Crippen LogP contribution in [0.15, 0.2) is 24.4 Å². The third-order valence-electron chi connectivity index (χ3n) is 2.31. The van der Waals surface area contributed by atoms with E-state index in [-0.39, 0.29) is 5.69 Å². The van der Waals surface area contributed by atoms with Crippen LogP contribution in [-0.2, 0) is 5.54 Å². The van der Waals surface area contributed by atoms with Crippen molar-refractivity contribution in [3.8, 4) is 5.69 Å².